The van der Waals surface area contributed by atoms with Crippen molar-refractivity contribution >= 4 is 5.97 Å². The Morgan fingerprint density at radius 2 is 2.24 bits per heavy atom. The molecule has 0 unspecified atom stereocenters. The van der Waals surface area contributed by atoms with Crippen LogP contribution in [0.1, 0.15) is 28.9 Å². The molecule has 2 heterocycles. The van der Waals surface area contributed by atoms with Crippen molar-refractivity contribution in [3.05, 3.63) is 54.2 Å². The normalized spacial score (nSPS) is 19.3. The number of carbonyl (C=O) groups is 1. The minimum atomic E-state index is -0.407. The fourth-order valence-electron chi connectivity index (χ4n) is 2.62. The van der Waals surface area contributed by atoms with Gasteiger partial charge in [-0.05, 0) is 24.9 Å². The predicted molar refractivity (Wildman–Crippen MR) is 76.7 cm³/mol. The van der Waals surface area contributed by atoms with Gasteiger partial charge in [-0.3, -0.25) is 4.90 Å². The first-order chi connectivity index (χ1) is 10.3. The third-order valence-electron chi connectivity index (χ3n) is 3.63. The first-order valence-electron chi connectivity index (χ1n) is 7.17. The zero-order valence-electron chi connectivity index (χ0n) is 11.8. The van der Waals surface area contributed by atoms with Crippen molar-refractivity contribution in [2.75, 3.05) is 13.1 Å². The van der Waals surface area contributed by atoms with E-state index in [1.54, 1.807) is 0 Å². The largest absolute Gasteiger partial charge is 0.456 e. The maximum atomic E-state index is 11.9. The summed E-state index contributed by atoms with van der Waals surface area (Å²) in [5, 5.41) is 0. The van der Waals surface area contributed by atoms with Crippen LogP contribution in [0.4, 0.5) is 0 Å². The highest BCUT2D eigenvalue weighted by Gasteiger charge is 2.24. The van der Waals surface area contributed by atoms with E-state index >= 15 is 0 Å². The molecule has 1 atom stereocenters. The molecule has 1 aromatic heterocycles. The zero-order valence-corrected chi connectivity index (χ0v) is 11.8. The SMILES string of the molecule is O=C(O[C@@H]1CCCN(Cc2ccccc2)C1)c1cocn1. The molecule has 0 N–H and O–H groups in total. The van der Waals surface area contributed by atoms with E-state index in [2.05, 4.69) is 22.0 Å². The molecule has 1 fully saturated rings. The van der Waals surface area contributed by atoms with Crippen LogP contribution in [-0.4, -0.2) is 35.0 Å². The number of rotatable bonds is 4. The van der Waals surface area contributed by atoms with Gasteiger partial charge in [0.05, 0.1) is 0 Å². The Balaban J connectivity index is 1.55. The number of benzene rings is 1. The molecule has 21 heavy (non-hydrogen) atoms. The Kier molecular flexibility index (Phi) is 4.31. The number of ether oxygens (including phenoxy) is 1. The molecule has 0 spiro atoms. The number of aromatic nitrogens is 1. The molecule has 5 nitrogen and oxygen atoms in total. The topological polar surface area (TPSA) is 55.6 Å². The Bertz CT molecular complexity index is 568. The number of likely N-dealkylation sites (tertiary alicyclic amines) is 1. The number of oxazole rings is 1. The van der Waals surface area contributed by atoms with Crippen LogP contribution in [0.15, 0.2) is 47.4 Å². The van der Waals surface area contributed by atoms with Crippen molar-refractivity contribution in [3.8, 4) is 0 Å². The molecule has 3 rings (SSSR count). The van der Waals surface area contributed by atoms with Gasteiger partial charge in [0.1, 0.15) is 12.4 Å². The second kappa shape index (κ2) is 6.54. The Morgan fingerprint density at radius 1 is 1.38 bits per heavy atom. The molecule has 1 aliphatic heterocycles. The Hall–Kier alpha value is -2.14. The van der Waals surface area contributed by atoms with E-state index in [-0.39, 0.29) is 11.8 Å². The molecule has 0 aliphatic carbocycles. The third-order valence-corrected chi connectivity index (χ3v) is 3.63. The quantitative estimate of drug-likeness (QED) is 0.808. The summed E-state index contributed by atoms with van der Waals surface area (Å²) in [6.45, 7) is 2.68. The van der Waals surface area contributed by atoms with Crippen LogP contribution in [0, 0.1) is 0 Å². The molecule has 0 bridgehead atoms. The van der Waals surface area contributed by atoms with E-state index in [4.69, 9.17) is 9.15 Å². The summed E-state index contributed by atoms with van der Waals surface area (Å²) >= 11 is 0. The number of piperidine rings is 1. The van der Waals surface area contributed by atoms with E-state index in [9.17, 15) is 4.79 Å². The van der Waals surface area contributed by atoms with Crippen LogP contribution in [-0.2, 0) is 11.3 Å². The van der Waals surface area contributed by atoms with Gasteiger partial charge >= 0.3 is 5.97 Å². The molecule has 0 amide bonds. The monoisotopic (exact) mass is 286 g/mol. The third kappa shape index (κ3) is 3.70. The highest BCUT2D eigenvalue weighted by Crippen LogP contribution is 2.17. The molecule has 0 saturated carbocycles. The second-order valence-electron chi connectivity index (χ2n) is 5.26. The molecule has 2 aromatic rings. The molecule has 0 radical (unpaired) electrons. The first-order valence-corrected chi connectivity index (χ1v) is 7.17. The van der Waals surface area contributed by atoms with Gasteiger partial charge in [-0.2, -0.15) is 0 Å². The Morgan fingerprint density at radius 3 is 3.00 bits per heavy atom. The minimum absolute atomic E-state index is 0.0772. The average molecular weight is 286 g/mol. The standard InChI is InChI=1S/C16H18N2O3/c19-16(15-11-20-12-17-15)21-14-7-4-8-18(10-14)9-13-5-2-1-3-6-13/h1-3,5-6,11-12,14H,4,7-10H2/t14-/m1/s1. The zero-order chi connectivity index (χ0) is 14.5. The summed E-state index contributed by atoms with van der Waals surface area (Å²) in [7, 11) is 0. The smallest absolute Gasteiger partial charge is 0.360 e. The van der Waals surface area contributed by atoms with E-state index in [1.165, 1.54) is 18.2 Å². The minimum Gasteiger partial charge on any atom is -0.456 e. The van der Waals surface area contributed by atoms with E-state index < -0.39 is 5.97 Å². The highest BCUT2D eigenvalue weighted by molar-refractivity contribution is 5.86. The molecule has 5 heteroatoms. The van der Waals surface area contributed by atoms with Crippen LogP contribution < -0.4 is 0 Å². The summed E-state index contributed by atoms with van der Waals surface area (Å²) in [5.41, 5.74) is 1.51. The van der Waals surface area contributed by atoms with Gasteiger partial charge in [0.15, 0.2) is 12.1 Å². The molecule has 110 valence electrons. The average Bonchev–Trinajstić information content (AvgIpc) is 3.03. The van der Waals surface area contributed by atoms with Gasteiger partial charge in [-0.25, -0.2) is 9.78 Å². The molecular formula is C16H18N2O3. The van der Waals surface area contributed by atoms with E-state index in [0.29, 0.717) is 0 Å². The van der Waals surface area contributed by atoms with Crippen molar-refractivity contribution in [1.82, 2.24) is 9.88 Å². The van der Waals surface area contributed by atoms with Gasteiger partial charge in [0, 0.05) is 13.1 Å². The maximum absolute atomic E-state index is 11.9. The van der Waals surface area contributed by atoms with Crippen molar-refractivity contribution in [2.45, 2.75) is 25.5 Å². The van der Waals surface area contributed by atoms with Crippen molar-refractivity contribution in [1.29, 1.82) is 0 Å². The maximum Gasteiger partial charge on any atom is 0.360 e. The number of nitrogens with zero attached hydrogens (tertiary/aromatic N) is 2. The lowest BCUT2D eigenvalue weighted by Crippen LogP contribution is -2.40. The molecule has 1 aromatic carbocycles. The van der Waals surface area contributed by atoms with Gasteiger partial charge < -0.3 is 9.15 Å². The lowest BCUT2D eigenvalue weighted by molar-refractivity contribution is 0.00504. The van der Waals surface area contributed by atoms with Crippen molar-refractivity contribution in [3.63, 3.8) is 0 Å². The molecular weight excluding hydrogens is 268 g/mol. The van der Waals surface area contributed by atoms with Crippen LogP contribution in [0.2, 0.25) is 0 Å². The second-order valence-corrected chi connectivity index (χ2v) is 5.26. The van der Waals surface area contributed by atoms with Crippen LogP contribution in [0.25, 0.3) is 0 Å². The summed E-state index contributed by atoms with van der Waals surface area (Å²) < 4.78 is 10.3. The van der Waals surface area contributed by atoms with Gasteiger partial charge in [0.2, 0.25) is 0 Å². The van der Waals surface area contributed by atoms with Gasteiger partial charge in [-0.1, -0.05) is 30.3 Å². The Labute approximate surface area is 123 Å². The summed E-state index contributed by atoms with van der Waals surface area (Å²) in [6, 6.07) is 10.3. The lowest BCUT2D eigenvalue weighted by Gasteiger charge is -2.32. The molecule has 1 saturated heterocycles. The van der Waals surface area contributed by atoms with Crippen LogP contribution in [0.3, 0.4) is 0 Å². The highest BCUT2D eigenvalue weighted by atomic mass is 16.5. The predicted octanol–water partition coefficient (Wildman–Crippen LogP) is 2.50. The van der Waals surface area contributed by atoms with Crippen LogP contribution in [0.5, 0.6) is 0 Å². The van der Waals surface area contributed by atoms with Crippen molar-refractivity contribution < 1.29 is 13.9 Å². The lowest BCUT2D eigenvalue weighted by atomic mass is 10.1. The van der Waals surface area contributed by atoms with Crippen molar-refractivity contribution in [2.24, 2.45) is 0 Å². The summed E-state index contributed by atoms with van der Waals surface area (Å²) in [6.07, 6.45) is 4.40. The fraction of sp³-hybridized carbons (Fsp3) is 0.375. The number of hydrogen-bond donors (Lipinski definition) is 0. The number of hydrogen-bond acceptors (Lipinski definition) is 5. The first kappa shape index (κ1) is 13.8. The summed E-state index contributed by atoms with van der Waals surface area (Å²) in [4.78, 5) is 18.0. The van der Waals surface area contributed by atoms with Gasteiger partial charge in [-0.15, -0.1) is 0 Å². The van der Waals surface area contributed by atoms with Gasteiger partial charge in [0.25, 0.3) is 0 Å². The van der Waals surface area contributed by atoms with Crippen LogP contribution >= 0.6 is 0 Å². The fourth-order valence-corrected chi connectivity index (χ4v) is 2.62. The summed E-state index contributed by atoms with van der Waals surface area (Å²) in [5.74, 6) is -0.407. The van der Waals surface area contributed by atoms with E-state index in [0.717, 1.165) is 32.5 Å². The number of esters is 1. The van der Waals surface area contributed by atoms with E-state index in [1.807, 2.05) is 18.2 Å². The molecule has 1 aliphatic rings. The number of carbonyl (C=O) groups excluding carboxylic acids is 1.